The lowest BCUT2D eigenvalue weighted by atomic mass is 10.1. The maximum Gasteiger partial charge on any atom is 0.322 e. The number of aliphatic carboxylic acids is 1. The molecule has 0 bridgehead atoms. The number of nitrogens with zero attached hydrogens (tertiary/aromatic N) is 2. The molecule has 0 saturated carbocycles. The summed E-state index contributed by atoms with van der Waals surface area (Å²) in [6, 6.07) is 8.05. The Morgan fingerprint density at radius 2 is 2.00 bits per heavy atom. The van der Waals surface area contributed by atoms with Crippen molar-refractivity contribution in [2.45, 2.75) is 12.5 Å². The lowest BCUT2D eigenvalue weighted by Crippen LogP contribution is -2.42. The minimum absolute atomic E-state index is 0.278. The molecule has 2 amide bonds. The van der Waals surface area contributed by atoms with Crippen LogP contribution in [0.25, 0.3) is 0 Å². The molecule has 0 fully saturated rings. The van der Waals surface area contributed by atoms with Crippen LogP contribution in [-0.4, -0.2) is 30.2 Å². The Labute approximate surface area is 122 Å². The minimum Gasteiger partial charge on any atom is -0.481 e. The third-order valence-corrected chi connectivity index (χ3v) is 3.40. The van der Waals surface area contributed by atoms with Crippen molar-refractivity contribution in [1.82, 2.24) is 5.32 Å². The number of hydrogen-bond donors (Lipinski definition) is 2. The maximum atomic E-state index is 12.1. The molecular formula is C15H15N3O3. The van der Waals surface area contributed by atoms with Crippen LogP contribution >= 0.6 is 0 Å². The van der Waals surface area contributed by atoms with Crippen LogP contribution in [-0.2, 0) is 4.79 Å². The quantitative estimate of drug-likeness (QED) is 0.827. The normalized spacial score (nSPS) is 19.8. The number of carbonyl (C=O) groups excluding carboxylic acids is 1. The predicted octanol–water partition coefficient (Wildman–Crippen LogP) is 1.73. The first kappa shape index (κ1) is 14.6. The molecule has 108 valence electrons. The molecule has 0 aromatic heterocycles. The van der Waals surface area contributed by atoms with E-state index in [1.807, 2.05) is 6.07 Å². The highest BCUT2D eigenvalue weighted by Gasteiger charge is 2.26. The summed E-state index contributed by atoms with van der Waals surface area (Å²) in [4.78, 5) is 24.4. The van der Waals surface area contributed by atoms with Crippen LogP contribution in [0, 0.1) is 17.2 Å². The van der Waals surface area contributed by atoms with E-state index < -0.39 is 11.9 Å². The Balaban J connectivity index is 1.96. The summed E-state index contributed by atoms with van der Waals surface area (Å²) in [6.45, 7) is 0. The van der Waals surface area contributed by atoms with Gasteiger partial charge >= 0.3 is 12.0 Å². The zero-order chi connectivity index (χ0) is 15.4. The van der Waals surface area contributed by atoms with Gasteiger partial charge in [0, 0.05) is 12.7 Å². The fraction of sp³-hybridized carbons (Fsp3) is 0.267. The van der Waals surface area contributed by atoms with Gasteiger partial charge in [0.05, 0.1) is 23.6 Å². The van der Waals surface area contributed by atoms with E-state index in [0.717, 1.165) is 0 Å². The highest BCUT2D eigenvalue weighted by Crippen LogP contribution is 2.19. The van der Waals surface area contributed by atoms with Gasteiger partial charge in [-0.3, -0.25) is 9.69 Å². The predicted molar refractivity (Wildman–Crippen MR) is 76.8 cm³/mol. The van der Waals surface area contributed by atoms with Gasteiger partial charge in [-0.15, -0.1) is 0 Å². The van der Waals surface area contributed by atoms with Crippen molar-refractivity contribution in [3.63, 3.8) is 0 Å². The number of anilines is 1. The fourth-order valence-corrected chi connectivity index (χ4v) is 2.12. The molecule has 0 heterocycles. The van der Waals surface area contributed by atoms with Gasteiger partial charge in [-0.1, -0.05) is 12.2 Å². The van der Waals surface area contributed by atoms with Gasteiger partial charge in [0.25, 0.3) is 0 Å². The molecule has 6 heteroatoms. The standard InChI is InChI=1S/C15H15N3O3/c1-18(13-6-2-10(9-16)3-7-13)15(21)17-12-5-4-11(8-12)14(19)20/h2-7,11-12H,8H2,1H3,(H,17,21)(H,19,20). The van der Waals surface area contributed by atoms with Crippen LogP contribution < -0.4 is 10.2 Å². The van der Waals surface area contributed by atoms with Crippen molar-refractivity contribution in [3.05, 3.63) is 42.0 Å². The molecule has 0 aliphatic heterocycles. The van der Waals surface area contributed by atoms with E-state index >= 15 is 0 Å². The van der Waals surface area contributed by atoms with E-state index in [9.17, 15) is 9.59 Å². The fourth-order valence-electron chi connectivity index (χ4n) is 2.12. The molecule has 1 aliphatic carbocycles. The van der Waals surface area contributed by atoms with Gasteiger partial charge in [-0.2, -0.15) is 5.26 Å². The van der Waals surface area contributed by atoms with E-state index in [0.29, 0.717) is 17.7 Å². The first-order valence-electron chi connectivity index (χ1n) is 6.47. The second kappa shape index (κ2) is 6.09. The SMILES string of the molecule is CN(C(=O)NC1C=CC(C(=O)O)C1)c1ccc(C#N)cc1. The van der Waals surface area contributed by atoms with Crippen LogP contribution in [0.15, 0.2) is 36.4 Å². The third-order valence-electron chi connectivity index (χ3n) is 3.40. The Kier molecular flexibility index (Phi) is 4.24. The second-order valence-electron chi connectivity index (χ2n) is 4.84. The molecule has 2 unspecified atom stereocenters. The summed E-state index contributed by atoms with van der Waals surface area (Å²) in [5, 5.41) is 20.4. The summed E-state index contributed by atoms with van der Waals surface area (Å²) >= 11 is 0. The first-order valence-corrected chi connectivity index (χ1v) is 6.47. The topological polar surface area (TPSA) is 93.4 Å². The Bertz CT molecular complexity index is 616. The Hall–Kier alpha value is -2.81. The summed E-state index contributed by atoms with van der Waals surface area (Å²) < 4.78 is 0. The molecule has 1 aliphatic rings. The van der Waals surface area contributed by atoms with Gasteiger partial charge in [-0.05, 0) is 30.7 Å². The number of carboxylic acids is 1. The molecular weight excluding hydrogens is 270 g/mol. The van der Waals surface area contributed by atoms with Gasteiger partial charge in [0.15, 0.2) is 0 Å². The average molecular weight is 285 g/mol. The lowest BCUT2D eigenvalue weighted by molar-refractivity contribution is -0.140. The second-order valence-corrected chi connectivity index (χ2v) is 4.84. The summed E-state index contributed by atoms with van der Waals surface area (Å²) in [6.07, 6.45) is 3.65. The highest BCUT2D eigenvalue weighted by atomic mass is 16.4. The first-order chi connectivity index (χ1) is 10.0. The molecule has 2 atom stereocenters. The molecule has 21 heavy (non-hydrogen) atoms. The number of rotatable bonds is 3. The Morgan fingerprint density at radius 3 is 2.52 bits per heavy atom. The zero-order valence-corrected chi connectivity index (χ0v) is 11.5. The molecule has 2 rings (SSSR count). The molecule has 2 N–H and O–H groups in total. The summed E-state index contributed by atoms with van der Waals surface area (Å²) in [7, 11) is 1.62. The van der Waals surface area contributed by atoms with E-state index in [1.165, 1.54) is 4.90 Å². The van der Waals surface area contributed by atoms with Crippen LogP contribution in [0.1, 0.15) is 12.0 Å². The van der Waals surface area contributed by atoms with Gasteiger partial charge in [0.2, 0.25) is 0 Å². The van der Waals surface area contributed by atoms with Crippen molar-refractivity contribution in [2.24, 2.45) is 5.92 Å². The smallest absolute Gasteiger partial charge is 0.322 e. The van der Waals surface area contributed by atoms with Crippen LogP contribution in [0.2, 0.25) is 0 Å². The number of benzene rings is 1. The molecule has 0 saturated heterocycles. The van der Waals surface area contributed by atoms with Crippen LogP contribution in [0.4, 0.5) is 10.5 Å². The van der Waals surface area contributed by atoms with Crippen molar-refractivity contribution >= 4 is 17.7 Å². The zero-order valence-electron chi connectivity index (χ0n) is 11.5. The molecule has 1 aromatic carbocycles. The third kappa shape index (κ3) is 3.39. The monoisotopic (exact) mass is 285 g/mol. The average Bonchev–Trinajstić information content (AvgIpc) is 2.95. The highest BCUT2D eigenvalue weighted by molar-refractivity contribution is 5.91. The lowest BCUT2D eigenvalue weighted by Gasteiger charge is -2.20. The number of carbonyl (C=O) groups is 2. The van der Waals surface area contributed by atoms with Crippen LogP contribution in [0.3, 0.4) is 0 Å². The largest absolute Gasteiger partial charge is 0.481 e. The van der Waals surface area contributed by atoms with Crippen molar-refractivity contribution in [2.75, 3.05) is 11.9 Å². The van der Waals surface area contributed by atoms with E-state index in [2.05, 4.69) is 5.32 Å². The van der Waals surface area contributed by atoms with Crippen molar-refractivity contribution in [1.29, 1.82) is 5.26 Å². The molecule has 0 spiro atoms. The number of carboxylic acid groups (broad SMARTS) is 1. The molecule has 6 nitrogen and oxygen atoms in total. The number of nitrogens with one attached hydrogen (secondary N) is 1. The van der Waals surface area contributed by atoms with Crippen molar-refractivity contribution in [3.8, 4) is 6.07 Å². The molecule has 0 radical (unpaired) electrons. The van der Waals surface area contributed by atoms with Gasteiger partial charge < -0.3 is 10.4 Å². The van der Waals surface area contributed by atoms with E-state index in [4.69, 9.17) is 10.4 Å². The number of amides is 2. The minimum atomic E-state index is -0.886. The summed E-state index contributed by atoms with van der Waals surface area (Å²) in [5.74, 6) is -1.43. The van der Waals surface area contributed by atoms with E-state index in [1.54, 1.807) is 43.5 Å². The maximum absolute atomic E-state index is 12.1. The van der Waals surface area contributed by atoms with Gasteiger partial charge in [0.1, 0.15) is 0 Å². The number of hydrogen-bond acceptors (Lipinski definition) is 3. The van der Waals surface area contributed by atoms with Crippen LogP contribution in [0.5, 0.6) is 0 Å². The summed E-state index contributed by atoms with van der Waals surface area (Å²) in [5.41, 5.74) is 1.18. The van der Waals surface area contributed by atoms with E-state index in [-0.39, 0.29) is 12.1 Å². The molecule has 1 aromatic rings. The Morgan fingerprint density at radius 1 is 1.33 bits per heavy atom. The number of urea groups is 1. The van der Waals surface area contributed by atoms with Gasteiger partial charge in [-0.25, -0.2) is 4.79 Å². The van der Waals surface area contributed by atoms with Crippen molar-refractivity contribution < 1.29 is 14.7 Å². The number of nitriles is 1.